The molecule has 1 aliphatic rings. The van der Waals surface area contributed by atoms with Crippen LogP contribution in [-0.4, -0.2) is 23.0 Å². The number of amides is 1. The van der Waals surface area contributed by atoms with Crippen molar-refractivity contribution in [3.05, 3.63) is 0 Å². The number of hydrogen-bond acceptors (Lipinski definition) is 2. The van der Waals surface area contributed by atoms with Gasteiger partial charge in [0.05, 0.1) is 0 Å². The molecule has 1 rings (SSSR count). The van der Waals surface area contributed by atoms with E-state index in [0.717, 1.165) is 12.8 Å². The summed E-state index contributed by atoms with van der Waals surface area (Å²) in [4.78, 5) is 22.8. The van der Waals surface area contributed by atoms with E-state index in [9.17, 15) is 9.59 Å². The predicted molar refractivity (Wildman–Crippen MR) is 65.5 cm³/mol. The van der Waals surface area contributed by atoms with Crippen molar-refractivity contribution in [2.24, 2.45) is 17.3 Å². The quantitative estimate of drug-likeness (QED) is 0.774. The molecule has 1 saturated carbocycles. The molecule has 0 radical (unpaired) electrons. The van der Waals surface area contributed by atoms with Crippen molar-refractivity contribution in [3.8, 4) is 0 Å². The lowest BCUT2D eigenvalue weighted by atomic mass is 9.80. The number of rotatable bonds is 5. The van der Waals surface area contributed by atoms with Crippen LogP contribution in [0, 0.1) is 17.3 Å². The van der Waals surface area contributed by atoms with Crippen LogP contribution in [0.1, 0.15) is 47.0 Å². The average Bonchev–Trinajstić information content (AvgIpc) is 2.95. The zero-order valence-electron chi connectivity index (χ0n) is 11.1. The van der Waals surface area contributed by atoms with Crippen LogP contribution < -0.4 is 5.32 Å². The van der Waals surface area contributed by atoms with E-state index in [1.54, 1.807) is 0 Å². The van der Waals surface area contributed by atoms with Gasteiger partial charge in [0.15, 0.2) is 0 Å². The summed E-state index contributed by atoms with van der Waals surface area (Å²) in [7, 11) is 0. The third-order valence-electron chi connectivity index (χ3n) is 3.65. The minimum absolute atomic E-state index is 0.0651. The van der Waals surface area contributed by atoms with Crippen molar-refractivity contribution >= 4 is 11.9 Å². The molecule has 2 atom stereocenters. The number of aliphatic carboxylic acids is 1. The lowest BCUT2D eigenvalue weighted by Crippen LogP contribution is -2.43. The Bertz CT molecular complexity index is 302. The molecule has 0 spiro atoms. The predicted octanol–water partition coefficient (Wildman–Crippen LogP) is 2.04. The summed E-state index contributed by atoms with van der Waals surface area (Å²) >= 11 is 0. The van der Waals surface area contributed by atoms with E-state index < -0.39 is 12.0 Å². The maximum atomic E-state index is 11.8. The Labute approximate surface area is 103 Å². The van der Waals surface area contributed by atoms with Gasteiger partial charge in [-0.2, -0.15) is 0 Å². The highest BCUT2D eigenvalue weighted by molar-refractivity contribution is 5.84. The summed E-state index contributed by atoms with van der Waals surface area (Å²) in [6.07, 6.45) is 2.21. The summed E-state index contributed by atoms with van der Waals surface area (Å²) in [5.74, 6) is -0.687. The second-order valence-corrected chi connectivity index (χ2v) is 6.19. The van der Waals surface area contributed by atoms with Gasteiger partial charge in [-0.1, -0.05) is 27.7 Å². The van der Waals surface area contributed by atoms with Crippen LogP contribution in [0.3, 0.4) is 0 Å². The van der Waals surface area contributed by atoms with Crippen LogP contribution in [0.15, 0.2) is 0 Å². The zero-order valence-corrected chi connectivity index (χ0v) is 11.1. The molecule has 4 heteroatoms. The number of carboxylic acids is 1. The molecular formula is C13H23NO3. The minimum atomic E-state index is -0.913. The van der Waals surface area contributed by atoms with Gasteiger partial charge >= 0.3 is 5.97 Å². The maximum Gasteiger partial charge on any atom is 0.326 e. The topological polar surface area (TPSA) is 66.4 Å². The molecule has 0 saturated heterocycles. The first-order valence-electron chi connectivity index (χ1n) is 6.24. The van der Waals surface area contributed by atoms with E-state index in [4.69, 9.17) is 5.11 Å². The van der Waals surface area contributed by atoms with Crippen molar-refractivity contribution in [2.45, 2.75) is 53.0 Å². The van der Waals surface area contributed by atoms with E-state index in [0.29, 0.717) is 6.42 Å². The molecule has 2 unspecified atom stereocenters. The van der Waals surface area contributed by atoms with E-state index in [1.807, 2.05) is 6.92 Å². The number of hydrogen-bond donors (Lipinski definition) is 2. The fraction of sp³-hybridized carbons (Fsp3) is 0.846. The Hall–Kier alpha value is -1.06. The summed E-state index contributed by atoms with van der Waals surface area (Å²) in [5.41, 5.74) is 0.0651. The zero-order chi connectivity index (χ0) is 13.2. The number of nitrogens with one attached hydrogen (secondary N) is 1. The second-order valence-electron chi connectivity index (χ2n) is 6.19. The van der Waals surface area contributed by atoms with Crippen LogP contribution in [-0.2, 0) is 9.59 Å². The van der Waals surface area contributed by atoms with Crippen molar-refractivity contribution in [1.29, 1.82) is 0 Å². The summed E-state index contributed by atoms with van der Waals surface area (Å²) in [6, 6.07) is -0.685. The molecule has 0 aromatic carbocycles. The smallest absolute Gasteiger partial charge is 0.326 e. The van der Waals surface area contributed by atoms with Crippen molar-refractivity contribution in [2.75, 3.05) is 0 Å². The monoisotopic (exact) mass is 241 g/mol. The summed E-state index contributed by atoms with van der Waals surface area (Å²) in [5, 5.41) is 11.7. The highest BCUT2D eigenvalue weighted by Gasteiger charge is 2.37. The van der Waals surface area contributed by atoms with Crippen molar-refractivity contribution < 1.29 is 14.7 Å². The van der Waals surface area contributed by atoms with Gasteiger partial charge in [0.1, 0.15) is 6.04 Å². The Balaban J connectivity index is 2.45. The first kappa shape index (κ1) is 14.0. The summed E-state index contributed by atoms with van der Waals surface area (Å²) in [6.45, 7) is 8.27. The fourth-order valence-electron chi connectivity index (χ4n) is 1.63. The molecule has 0 aromatic heterocycles. The van der Waals surface area contributed by atoms with E-state index in [-0.39, 0.29) is 23.2 Å². The maximum absolute atomic E-state index is 11.8. The highest BCUT2D eigenvalue weighted by Crippen LogP contribution is 2.33. The lowest BCUT2D eigenvalue weighted by molar-refractivity contribution is -0.142. The SMILES string of the molecule is CC(CC(=O)NC(C(=O)O)C1CC1)C(C)(C)C. The molecule has 2 N–H and O–H groups in total. The van der Waals surface area contributed by atoms with Crippen LogP contribution in [0.5, 0.6) is 0 Å². The molecule has 0 bridgehead atoms. The van der Waals surface area contributed by atoms with Crippen LogP contribution >= 0.6 is 0 Å². The van der Waals surface area contributed by atoms with Gasteiger partial charge in [0, 0.05) is 6.42 Å². The van der Waals surface area contributed by atoms with Gasteiger partial charge in [0.2, 0.25) is 5.91 Å². The van der Waals surface area contributed by atoms with Gasteiger partial charge in [-0.15, -0.1) is 0 Å². The van der Waals surface area contributed by atoms with Gasteiger partial charge in [0.25, 0.3) is 0 Å². The largest absolute Gasteiger partial charge is 0.480 e. The molecule has 0 aliphatic heterocycles. The van der Waals surface area contributed by atoms with Crippen molar-refractivity contribution in [1.82, 2.24) is 5.32 Å². The highest BCUT2D eigenvalue weighted by atomic mass is 16.4. The molecule has 98 valence electrons. The van der Waals surface area contributed by atoms with Crippen molar-refractivity contribution in [3.63, 3.8) is 0 Å². The first-order valence-corrected chi connectivity index (χ1v) is 6.24. The number of carboxylic acid groups (broad SMARTS) is 1. The normalized spacial score (nSPS) is 19.5. The van der Waals surface area contributed by atoms with Crippen LogP contribution in [0.2, 0.25) is 0 Å². The second kappa shape index (κ2) is 5.07. The summed E-state index contributed by atoms with van der Waals surface area (Å²) < 4.78 is 0. The number of carbonyl (C=O) groups excluding carboxylic acids is 1. The first-order chi connectivity index (χ1) is 7.71. The van der Waals surface area contributed by atoms with E-state index in [2.05, 4.69) is 26.1 Å². The standard InChI is InChI=1S/C13H23NO3/c1-8(13(2,3)4)7-10(15)14-11(12(16)17)9-5-6-9/h8-9,11H,5-7H2,1-4H3,(H,14,15)(H,16,17). The molecule has 1 fully saturated rings. The lowest BCUT2D eigenvalue weighted by Gasteiger charge is -2.27. The molecular weight excluding hydrogens is 218 g/mol. The number of carbonyl (C=O) groups is 2. The molecule has 17 heavy (non-hydrogen) atoms. The minimum Gasteiger partial charge on any atom is -0.480 e. The molecule has 1 amide bonds. The molecule has 0 aromatic rings. The molecule has 1 aliphatic carbocycles. The van der Waals surface area contributed by atoms with Crippen LogP contribution in [0.4, 0.5) is 0 Å². The third-order valence-corrected chi connectivity index (χ3v) is 3.65. The van der Waals surface area contributed by atoms with E-state index in [1.165, 1.54) is 0 Å². The van der Waals surface area contributed by atoms with Gasteiger partial charge < -0.3 is 10.4 Å². The molecule has 4 nitrogen and oxygen atoms in total. The Morgan fingerprint density at radius 3 is 2.24 bits per heavy atom. The Morgan fingerprint density at radius 1 is 1.35 bits per heavy atom. The molecule has 0 heterocycles. The average molecular weight is 241 g/mol. The fourth-order valence-corrected chi connectivity index (χ4v) is 1.63. The third kappa shape index (κ3) is 4.36. The Morgan fingerprint density at radius 2 is 1.88 bits per heavy atom. The van der Waals surface area contributed by atoms with E-state index >= 15 is 0 Å². The van der Waals surface area contributed by atoms with Crippen LogP contribution in [0.25, 0.3) is 0 Å². The van der Waals surface area contributed by atoms with Gasteiger partial charge in [-0.05, 0) is 30.1 Å². The van der Waals surface area contributed by atoms with Gasteiger partial charge in [-0.3, -0.25) is 4.79 Å². The van der Waals surface area contributed by atoms with Gasteiger partial charge in [-0.25, -0.2) is 4.79 Å². The Kier molecular flexibility index (Phi) is 4.17.